The number of halogens is 1. The third-order valence-corrected chi connectivity index (χ3v) is 2.92. The molecule has 4 nitrogen and oxygen atoms in total. The van der Waals surface area contributed by atoms with E-state index in [1.165, 1.54) is 12.1 Å². The highest BCUT2D eigenvalue weighted by Crippen LogP contribution is 2.27. The summed E-state index contributed by atoms with van der Waals surface area (Å²) in [5.41, 5.74) is 0.684. The number of hydrogen-bond donors (Lipinski definition) is 4. The van der Waals surface area contributed by atoms with Crippen molar-refractivity contribution in [3.8, 4) is 0 Å². The first-order valence-corrected chi connectivity index (χ1v) is 5.12. The van der Waals surface area contributed by atoms with Crippen LogP contribution in [0.1, 0.15) is 11.6 Å². The topological polar surface area (TPSA) is 72.7 Å². The molecule has 1 aliphatic heterocycles. The molecule has 2 rings (SSSR count). The van der Waals surface area contributed by atoms with Gasteiger partial charge in [0.25, 0.3) is 0 Å². The highest BCUT2D eigenvalue weighted by molar-refractivity contribution is 5.23. The summed E-state index contributed by atoms with van der Waals surface area (Å²) >= 11 is 0. The first-order chi connectivity index (χ1) is 7.63. The largest absolute Gasteiger partial charge is 0.395 e. The summed E-state index contributed by atoms with van der Waals surface area (Å²) in [5.74, 6) is -0.351. The van der Waals surface area contributed by atoms with Crippen LogP contribution in [0.2, 0.25) is 0 Å². The molecule has 1 heterocycles. The third-order valence-electron chi connectivity index (χ3n) is 2.92. The molecular weight excluding hydrogens is 213 g/mol. The van der Waals surface area contributed by atoms with Crippen molar-refractivity contribution in [2.24, 2.45) is 0 Å². The van der Waals surface area contributed by atoms with Crippen LogP contribution < -0.4 is 5.32 Å². The second-order valence-electron chi connectivity index (χ2n) is 3.97. The predicted molar refractivity (Wildman–Crippen MR) is 55.2 cm³/mol. The molecule has 1 saturated heterocycles. The van der Waals surface area contributed by atoms with Crippen LogP contribution in [-0.4, -0.2) is 40.2 Å². The highest BCUT2D eigenvalue weighted by Gasteiger charge is 2.41. The molecular formula is C11H14FNO3. The second-order valence-corrected chi connectivity index (χ2v) is 3.97. The zero-order chi connectivity index (χ0) is 11.7. The van der Waals surface area contributed by atoms with Gasteiger partial charge in [-0.05, 0) is 17.7 Å². The number of aliphatic hydroxyl groups excluding tert-OH is 3. The fraction of sp³-hybridized carbons (Fsp3) is 0.455. The summed E-state index contributed by atoms with van der Waals surface area (Å²) in [6, 6.07) is 4.65. The molecule has 1 aromatic carbocycles. The molecule has 0 bridgehead atoms. The number of nitrogens with one attached hydrogen (secondary N) is 1. The van der Waals surface area contributed by atoms with Gasteiger partial charge in [-0.25, -0.2) is 4.39 Å². The van der Waals surface area contributed by atoms with Gasteiger partial charge in [-0.1, -0.05) is 12.1 Å². The highest BCUT2D eigenvalue weighted by atomic mass is 19.1. The van der Waals surface area contributed by atoms with E-state index in [0.29, 0.717) is 5.56 Å². The summed E-state index contributed by atoms with van der Waals surface area (Å²) < 4.78 is 12.7. The quantitative estimate of drug-likeness (QED) is 0.552. The summed E-state index contributed by atoms with van der Waals surface area (Å²) in [6.45, 7) is -0.254. The van der Waals surface area contributed by atoms with E-state index >= 15 is 0 Å². The molecule has 0 spiro atoms. The molecule has 0 amide bonds. The van der Waals surface area contributed by atoms with Crippen molar-refractivity contribution >= 4 is 0 Å². The summed E-state index contributed by atoms with van der Waals surface area (Å²) in [7, 11) is 0. The van der Waals surface area contributed by atoms with Crippen LogP contribution in [0, 0.1) is 5.82 Å². The van der Waals surface area contributed by atoms with Crippen molar-refractivity contribution in [1.29, 1.82) is 0 Å². The maximum Gasteiger partial charge on any atom is 0.123 e. The maximum absolute atomic E-state index is 12.7. The van der Waals surface area contributed by atoms with Crippen LogP contribution >= 0.6 is 0 Å². The number of rotatable bonds is 2. The van der Waals surface area contributed by atoms with Gasteiger partial charge in [0, 0.05) is 0 Å². The molecule has 1 unspecified atom stereocenters. The molecule has 16 heavy (non-hydrogen) atoms. The van der Waals surface area contributed by atoms with Gasteiger partial charge in [0.05, 0.1) is 24.8 Å². The lowest BCUT2D eigenvalue weighted by atomic mass is 10.0. The molecule has 4 atom stereocenters. The van der Waals surface area contributed by atoms with E-state index in [9.17, 15) is 14.6 Å². The van der Waals surface area contributed by atoms with Gasteiger partial charge in [-0.15, -0.1) is 0 Å². The van der Waals surface area contributed by atoms with Crippen molar-refractivity contribution in [3.05, 3.63) is 35.6 Å². The fourth-order valence-corrected chi connectivity index (χ4v) is 1.99. The van der Waals surface area contributed by atoms with Crippen LogP contribution in [0.5, 0.6) is 0 Å². The van der Waals surface area contributed by atoms with Crippen molar-refractivity contribution in [2.75, 3.05) is 6.61 Å². The maximum atomic E-state index is 12.7. The number of aliphatic hydroxyl groups is 3. The van der Waals surface area contributed by atoms with Crippen molar-refractivity contribution < 1.29 is 19.7 Å². The Bertz CT molecular complexity index is 357. The summed E-state index contributed by atoms with van der Waals surface area (Å²) in [4.78, 5) is 0. The molecule has 4 N–H and O–H groups in total. The van der Waals surface area contributed by atoms with E-state index in [4.69, 9.17) is 5.11 Å². The van der Waals surface area contributed by atoms with Crippen molar-refractivity contribution in [3.63, 3.8) is 0 Å². The average molecular weight is 227 g/mol. The Kier molecular flexibility index (Phi) is 3.20. The van der Waals surface area contributed by atoms with Crippen LogP contribution in [0.15, 0.2) is 24.3 Å². The SMILES string of the molecule is OC[C@H]1NC(c2ccc(F)cc2)[C@H](O)[C@@H]1O. The zero-order valence-electron chi connectivity index (χ0n) is 8.55. The number of hydrogen-bond acceptors (Lipinski definition) is 4. The smallest absolute Gasteiger partial charge is 0.123 e. The zero-order valence-corrected chi connectivity index (χ0v) is 8.55. The molecule has 0 saturated carbocycles. The lowest BCUT2D eigenvalue weighted by Crippen LogP contribution is -2.35. The van der Waals surface area contributed by atoms with Crippen molar-refractivity contribution in [1.82, 2.24) is 5.32 Å². The lowest BCUT2D eigenvalue weighted by Gasteiger charge is -2.15. The molecule has 0 aliphatic carbocycles. The minimum Gasteiger partial charge on any atom is -0.395 e. The second kappa shape index (κ2) is 4.47. The van der Waals surface area contributed by atoms with Gasteiger partial charge in [-0.3, -0.25) is 0 Å². The van der Waals surface area contributed by atoms with Crippen LogP contribution in [-0.2, 0) is 0 Å². The summed E-state index contributed by atoms with van der Waals surface area (Å²) in [6.07, 6.45) is -2.01. The molecule has 0 aromatic heterocycles. The molecule has 1 fully saturated rings. The van der Waals surface area contributed by atoms with Crippen molar-refractivity contribution in [2.45, 2.75) is 24.3 Å². The van der Waals surface area contributed by atoms with E-state index in [1.807, 2.05) is 0 Å². The first-order valence-electron chi connectivity index (χ1n) is 5.12. The fourth-order valence-electron chi connectivity index (χ4n) is 1.99. The van der Waals surface area contributed by atoms with E-state index in [1.54, 1.807) is 12.1 Å². The molecule has 1 aliphatic rings. The molecule has 1 aromatic rings. The van der Waals surface area contributed by atoms with Gasteiger partial charge in [0.15, 0.2) is 0 Å². The van der Waals surface area contributed by atoms with E-state index in [2.05, 4.69) is 5.32 Å². The normalized spacial score (nSPS) is 34.2. The lowest BCUT2D eigenvalue weighted by molar-refractivity contribution is 0.0194. The third kappa shape index (κ3) is 1.94. The van der Waals surface area contributed by atoms with Gasteiger partial charge >= 0.3 is 0 Å². The van der Waals surface area contributed by atoms with Gasteiger partial charge in [-0.2, -0.15) is 0 Å². The summed E-state index contributed by atoms with van der Waals surface area (Å²) in [5, 5.41) is 31.2. The van der Waals surface area contributed by atoms with Gasteiger partial charge in [0.1, 0.15) is 11.9 Å². The molecule has 0 radical (unpaired) electrons. The predicted octanol–water partition coefficient (Wildman–Crippen LogP) is -0.447. The van der Waals surface area contributed by atoms with Gasteiger partial charge < -0.3 is 20.6 Å². The van der Waals surface area contributed by atoms with Gasteiger partial charge in [0.2, 0.25) is 0 Å². The minimum absolute atomic E-state index is 0.254. The Morgan fingerprint density at radius 2 is 1.75 bits per heavy atom. The van der Waals surface area contributed by atoms with Crippen LogP contribution in [0.3, 0.4) is 0 Å². The molecule has 88 valence electrons. The average Bonchev–Trinajstić information content (AvgIpc) is 2.57. The van der Waals surface area contributed by atoms with E-state index in [0.717, 1.165) is 0 Å². The minimum atomic E-state index is -1.01. The van der Waals surface area contributed by atoms with E-state index in [-0.39, 0.29) is 12.4 Å². The number of benzene rings is 1. The van der Waals surface area contributed by atoms with E-state index < -0.39 is 24.3 Å². The van der Waals surface area contributed by atoms with Crippen LogP contribution in [0.25, 0.3) is 0 Å². The Morgan fingerprint density at radius 3 is 2.25 bits per heavy atom. The monoisotopic (exact) mass is 227 g/mol. The Morgan fingerprint density at radius 1 is 1.12 bits per heavy atom. The Labute approximate surface area is 92.3 Å². The Hall–Kier alpha value is -1.01. The standard InChI is InChI=1S/C11H14FNO3/c12-7-3-1-6(2-4-7)9-11(16)10(15)8(5-14)13-9/h1-4,8-11,13-16H,5H2/t8-,9?,10-,11+/m1/s1. The first kappa shape index (κ1) is 11.5. The molecule has 5 heteroatoms. The van der Waals surface area contributed by atoms with Crippen LogP contribution in [0.4, 0.5) is 4.39 Å². The Balaban J connectivity index is 2.19.